The first-order valence-electron chi connectivity index (χ1n) is 9.44. The van der Waals surface area contributed by atoms with Crippen LogP contribution in [0.15, 0.2) is 42.5 Å². The first-order valence-corrected chi connectivity index (χ1v) is 12.0. The lowest BCUT2D eigenvalue weighted by atomic mass is 10.1. The van der Waals surface area contributed by atoms with Gasteiger partial charge in [0.1, 0.15) is 12.6 Å². The van der Waals surface area contributed by atoms with Gasteiger partial charge in [0.15, 0.2) is 0 Å². The minimum Gasteiger partial charge on any atom is -0.357 e. The molecule has 0 aliphatic heterocycles. The molecule has 10 heteroatoms. The number of anilines is 1. The van der Waals surface area contributed by atoms with E-state index in [0.717, 1.165) is 21.7 Å². The molecule has 0 unspecified atom stereocenters. The normalized spacial score (nSPS) is 12.2. The van der Waals surface area contributed by atoms with Crippen LogP contribution in [0.5, 0.6) is 0 Å². The van der Waals surface area contributed by atoms with Crippen molar-refractivity contribution in [2.24, 2.45) is 0 Å². The zero-order chi connectivity index (χ0) is 23.3. The van der Waals surface area contributed by atoms with Crippen LogP contribution in [0.1, 0.15) is 18.1 Å². The number of nitrogens with one attached hydrogen (secondary N) is 1. The van der Waals surface area contributed by atoms with Crippen molar-refractivity contribution in [2.45, 2.75) is 26.4 Å². The van der Waals surface area contributed by atoms with E-state index < -0.39 is 28.5 Å². The molecule has 0 aromatic heterocycles. The molecule has 0 bridgehead atoms. The van der Waals surface area contributed by atoms with E-state index in [9.17, 15) is 18.0 Å². The molecule has 0 spiro atoms. The molecule has 31 heavy (non-hydrogen) atoms. The van der Waals surface area contributed by atoms with Crippen LogP contribution in [0.4, 0.5) is 5.69 Å². The zero-order valence-electron chi connectivity index (χ0n) is 17.7. The van der Waals surface area contributed by atoms with E-state index in [2.05, 4.69) is 5.32 Å². The Morgan fingerprint density at radius 1 is 1.10 bits per heavy atom. The maximum Gasteiger partial charge on any atom is 0.244 e. The third-order valence-electron chi connectivity index (χ3n) is 4.89. The minimum atomic E-state index is -3.83. The third-order valence-corrected chi connectivity index (χ3v) is 6.77. The molecule has 2 aromatic rings. The monoisotopic (exact) mass is 485 g/mol. The van der Waals surface area contributed by atoms with Crippen molar-refractivity contribution in [1.29, 1.82) is 0 Å². The van der Waals surface area contributed by atoms with Gasteiger partial charge in [0.05, 0.1) is 22.0 Å². The molecular formula is C21H25Cl2N3O4S. The number of benzene rings is 2. The lowest BCUT2D eigenvalue weighted by Gasteiger charge is -2.31. The summed E-state index contributed by atoms with van der Waals surface area (Å²) in [5.41, 5.74) is 2.01. The summed E-state index contributed by atoms with van der Waals surface area (Å²) in [4.78, 5) is 26.9. The Balaban J connectivity index is 2.42. The molecule has 0 saturated heterocycles. The van der Waals surface area contributed by atoms with Gasteiger partial charge in [-0.1, -0.05) is 47.5 Å². The van der Waals surface area contributed by atoms with Gasteiger partial charge in [0.25, 0.3) is 0 Å². The second kappa shape index (κ2) is 10.3. The topological polar surface area (TPSA) is 86.8 Å². The van der Waals surface area contributed by atoms with E-state index in [1.807, 2.05) is 31.2 Å². The highest BCUT2D eigenvalue weighted by Crippen LogP contribution is 2.28. The number of carbonyl (C=O) groups excluding carboxylic acids is 2. The SMILES string of the molecule is CNC(=O)[C@H](C)N(Cc1ccccc1C)C(=O)CN(c1ccc(Cl)c(Cl)c1)S(C)(=O)=O. The average Bonchev–Trinajstić information content (AvgIpc) is 2.71. The molecule has 2 rings (SSSR count). The molecule has 1 N–H and O–H groups in total. The smallest absolute Gasteiger partial charge is 0.244 e. The van der Waals surface area contributed by atoms with Crippen LogP contribution in [0.25, 0.3) is 0 Å². The summed E-state index contributed by atoms with van der Waals surface area (Å²) in [6, 6.07) is 11.0. The molecule has 7 nitrogen and oxygen atoms in total. The summed E-state index contributed by atoms with van der Waals surface area (Å²) >= 11 is 12.0. The summed E-state index contributed by atoms with van der Waals surface area (Å²) in [6.45, 7) is 3.16. The van der Waals surface area contributed by atoms with E-state index in [1.165, 1.54) is 30.1 Å². The van der Waals surface area contributed by atoms with Crippen LogP contribution in [-0.2, 0) is 26.2 Å². The van der Waals surface area contributed by atoms with Gasteiger partial charge in [0.2, 0.25) is 21.8 Å². The Hall–Kier alpha value is -2.29. The molecule has 0 aliphatic carbocycles. The van der Waals surface area contributed by atoms with Gasteiger partial charge in [-0.3, -0.25) is 13.9 Å². The Kier molecular flexibility index (Phi) is 8.34. The highest BCUT2D eigenvalue weighted by molar-refractivity contribution is 7.92. The van der Waals surface area contributed by atoms with Gasteiger partial charge in [-0.15, -0.1) is 0 Å². The fourth-order valence-electron chi connectivity index (χ4n) is 3.02. The average molecular weight is 486 g/mol. The van der Waals surface area contributed by atoms with Crippen molar-refractivity contribution >= 4 is 50.7 Å². The minimum absolute atomic E-state index is 0.152. The summed E-state index contributed by atoms with van der Waals surface area (Å²) in [5, 5.41) is 2.96. The number of aryl methyl sites for hydroxylation is 1. The van der Waals surface area contributed by atoms with Crippen LogP contribution < -0.4 is 9.62 Å². The Morgan fingerprint density at radius 3 is 2.29 bits per heavy atom. The quantitative estimate of drug-likeness (QED) is 0.621. The number of halogens is 2. The third kappa shape index (κ3) is 6.35. The molecule has 0 saturated carbocycles. The van der Waals surface area contributed by atoms with E-state index in [-0.39, 0.29) is 28.2 Å². The summed E-state index contributed by atoms with van der Waals surface area (Å²) in [5.74, 6) is -0.891. The van der Waals surface area contributed by atoms with Crippen LogP contribution in [0.3, 0.4) is 0 Å². The largest absolute Gasteiger partial charge is 0.357 e. The molecule has 0 aliphatic rings. The predicted molar refractivity (Wildman–Crippen MR) is 124 cm³/mol. The number of amides is 2. The van der Waals surface area contributed by atoms with Crippen LogP contribution in [-0.4, -0.2) is 51.0 Å². The lowest BCUT2D eigenvalue weighted by molar-refractivity contribution is -0.139. The summed E-state index contributed by atoms with van der Waals surface area (Å²) in [6.07, 6.45) is 0.997. The maximum absolute atomic E-state index is 13.3. The molecule has 168 valence electrons. The van der Waals surface area contributed by atoms with Crippen molar-refractivity contribution in [2.75, 3.05) is 24.2 Å². The number of likely N-dealkylation sites (N-methyl/N-ethyl adjacent to an activating group) is 1. The van der Waals surface area contributed by atoms with Gasteiger partial charge in [-0.25, -0.2) is 8.42 Å². The van der Waals surface area contributed by atoms with Crippen molar-refractivity contribution in [1.82, 2.24) is 10.2 Å². The predicted octanol–water partition coefficient (Wildman–Crippen LogP) is 3.23. The van der Waals surface area contributed by atoms with Crippen LogP contribution in [0.2, 0.25) is 10.0 Å². The molecule has 0 heterocycles. The van der Waals surface area contributed by atoms with Crippen molar-refractivity contribution < 1.29 is 18.0 Å². The molecule has 0 radical (unpaired) electrons. The van der Waals surface area contributed by atoms with Gasteiger partial charge in [-0.2, -0.15) is 0 Å². The molecule has 2 amide bonds. The Bertz CT molecular complexity index is 1080. The fraction of sp³-hybridized carbons (Fsp3) is 0.333. The second-order valence-corrected chi connectivity index (χ2v) is 9.83. The van der Waals surface area contributed by atoms with Crippen molar-refractivity contribution in [3.63, 3.8) is 0 Å². The first kappa shape index (κ1) is 25.0. The standard InChI is InChI=1S/C21H25Cl2N3O4S/c1-14-7-5-6-8-16(14)12-25(15(2)21(28)24-3)20(27)13-26(31(4,29)30)17-9-10-18(22)19(23)11-17/h5-11,15H,12-13H2,1-4H3,(H,24,28)/t15-/m0/s1. The molecule has 0 fully saturated rings. The summed E-state index contributed by atoms with van der Waals surface area (Å²) < 4.78 is 25.9. The highest BCUT2D eigenvalue weighted by atomic mass is 35.5. The highest BCUT2D eigenvalue weighted by Gasteiger charge is 2.30. The lowest BCUT2D eigenvalue weighted by Crippen LogP contribution is -2.50. The number of nitrogens with zero attached hydrogens (tertiary/aromatic N) is 2. The Morgan fingerprint density at radius 2 is 1.74 bits per heavy atom. The first-order chi connectivity index (χ1) is 14.5. The van der Waals surface area contributed by atoms with E-state index in [4.69, 9.17) is 23.2 Å². The van der Waals surface area contributed by atoms with E-state index in [1.54, 1.807) is 6.92 Å². The van der Waals surface area contributed by atoms with Gasteiger partial charge < -0.3 is 10.2 Å². The number of hydrogen-bond donors (Lipinski definition) is 1. The molecular weight excluding hydrogens is 461 g/mol. The van der Waals surface area contributed by atoms with E-state index in [0.29, 0.717) is 0 Å². The number of rotatable bonds is 8. The zero-order valence-corrected chi connectivity index (χ0v) is 20.1. The van der Waals surface area contributed by atoms with Crippen molar-refractivity contribution in [3.8, 4) is 0 Å². The number of sulfonamides is 1. The van der Waals surface area contributed by atoms with Gasteiger partial charge in [0, 0.05) is 13.6 Å². The molecule has 2 aromatic carbocycles. The fourth-order valence-corrected chi connectivity index (χ4v) is 4.15. The van der Waals surface area contributed by atoms with Gasteiger partial charge in [-0.05, 0) is 43.2 Å². The Labute approximate surface area is 193 Å². The maximum atomic E-state index is 13.3. The van der Waals surface area contributed by atoms with Crippen LogP contribution in [0, 0.1) is 6.92 Å². The van der Waals surface area contributed by atoms with E-state index >= 15 is 0 Å². The molecule has 1 atom stereocenters. The number of carbonyl (C=O) groups is 2. The van der Waals surface area contributed by atoms with Crippen molar-refractivity contribution in [3.05, 3.63) is 63.6 Å². The number of hydrogen-bond acceptors (Lipinski definition) is 4. The summed E-state index contributed by atoms with van der Waals surface area (Å²) in [7, 11) is -2.35. The van der Waals surface area contributed by atoms with Gasteiger partial charge >= 0.3 is 0 Å². The second-order valence-electron chi connectivity index (χ2n) is 7.11. The van der Waals surface area contributed by atoms with Crippen LogP contribution >= 0.6 is 23.2 Å².